The average Bonchev–Trinajstić information content (AvgIpc) is 2.94. The number of rotatable bonds is 3. The lowest BCUT2D eigenvalue weighted by Crippen LogP contribution is -2.37. The van der Waals surface area contributed by atoms with Gasteiger partial charge in [-0.2, -0.15) is 5.10 Å². The molecule has 2 N–H and O–H groups in total. The molecule has 0 radical (unpaired) electrons. The number of ether oxygens (including phenoxy) is 1. The molecule has 1 aliphatic heterocycles. The number of hydrogen-bond acceptors (Lipinski definition) is 4. The van der Waals surface area contributed by atoms with Crippen LogP contribution in [0.1, 0.15) is 18.5 Å². The third-order valence-corrected chi connectivity index (χ3v) is 3.76. The van der Waals surface area contributed by atoms with Gasteiger partial charge in [0.25, 0.3) is 0 Å². The molecule has 1 aromatic heterocycles. The molecule has 1 atom stereocenters. The number of aromatic nitrogens is 3. The molecule has 2 aromatic rings. The number of hydrogen-bond donors (Lipinski definition) is 2. The number of aromatic amines is 2. The third-order valence-electron chi connectivity index (χ3n) is 3.76. The Hall–Kier alpha value is -1.92. The molecule has 2 heterocycles. The van der Waals surface area contributed by atoms with Gasteiger partial charge in [-0.05, 0) is 12.5 Å². The van der Waals surface area contributed by atoms with Gasteiger partial charge < -0.3 is 4.74 Å². The molecule has 3 rings (SSSR count). The average molecular weight is 274 g/mol. The van der Waals surface area contributed by atoms with Crippen molar-refractivity contribution in [2.45, 2.75) is 13.0 Å². The normalized spacial score (nSPS) is 18.1. The Morgan fingerprint density at radius 3 is 2.55 bits per heavy atom. The standard InChI is InChI=1S/C14H18N4O2/c1-10(18-6-8-20-9-7-18)11-2-4-12(5-3-11)13-15-14(19)17-16-13/h2-5,10H,6-9H2,1H3,(H2,15,16,17,19)/t10-/m1/s1. The Bertz CT molecular complexity index is 611. The smallest absolute Gasteiger partial charge is 0.340 e. The number of nitrogens with one attached hydrogen (secondary N) is 2. The van der Waals surface area contributed by atoms with Crippen LogP contribution in [-0.4, -0.2) is 46.4 Å². The molecule has 0 unspecified atom stereocenters. The minimum absolute atomic E-state index is 0.286. The van der Waals surface area contributed by atoms with E-state index in [1.807, 2.05) is 12.1 Å². The Kier molecular flexibility index (Phi) is 3.66. The molecule has 1 fully saturated rings. The van der Waals surface area contributed by atoms with Crippen LogP contribution in [0.3, 0.4) is 0 Å². The highest BCUT2D eigenvalue weighted by atomic mass is 16.5. The van der Waals surface area contributed by atoms with Crippen LogP contribution < -0.4 is 5.69 Å². The molecule has 0 bridgehead atoms. The largest absolute Gasteiger partial charge is 0.379 e. The van der Waals surface area contributed by atoms with Crippen LogP contribution >= 0.6 is 0 Å². The number of nitrogens with zero attached hydrogens (tertiary/aromatic N) is 2. The summed E-state index contributed by atoms with van der Waals surface area (Å²) in [5.41, 5.74) is 1.88. The minimum Gasteiger partial charge on any atom is -0.379 e. The molecule has 0 saturated carbocycles. The van der Waals surface area contributed by atoms with E-state index in [0.29, 0.717) is 11.9 Å². The summed E-state index contributed by atoms with van der Waals surface area (Å²) in [4.78, 5) is 16.1. The maximum atomic E-state index is 11.1. The van der Waals surface area contributed by atoms with E-state index in [1.54, 1.807) is 0 Å². The van der Waals surface area contributed by atoms with Crippen LogP contribution in [-0.2, 0) is 4.74 Å². The monoisotopic (exact) mass is 274 g/mol. The Morgan fingerprint density at radius 1 is 1.25 bits per heavy atom. The van der Waals surface area contributed by atoms with Gasteiger partial charge in [-0.15, -0.1) is 0 Å². The van der Waals surface area contributed by atoms with Crippen LogP contribution in [0.4, 0.5) is 0 Å². The fourth-order valence-electron chi connectivity index (χ4n) is 2.50. The summed E-state index contributed by atoms with van der Waals surface area (Å²) < 4.78 is 5.38. The highest BCUT2D eigenvalue weighted by Gasteiger charge is 2.18. The van der Waals surface area contributed by atoms with E-state index in [2.05, 4.69) is 39.1 Å². The maximum absolute atomic E-state index is 11.1. The van der Waals surface area contributed by atoms with Gasteiger partial charge in [-0.25, -0.2) is 9.89 Å². The van der Waals surface area contributed by atoms with E-state index in [4.69, 9.17) is 4.74 Å². The second kappa shape index (κ2) is 5.60. The van der Waals surface area contributed by atoms with Crippen molar-refractivity contribution in [1.29, 1.82) is 0 Å². The Balaban J connectivity index is 1.76. The zero-order valence-electron chi connectivity index (χ0n) is 11.4. The van der Waals surface area contributed by atoms with Crippen molar-refractivity contribution in [1.82, 2.24) is 20.1 Å². The molecular formula is C14H18N4O2. The molecule has 0 spiro atoms. The van der Waals surface area contributed by atoms with Crippen molar-refractivity contribution in [3.8, 4) is 11.4 Å². The molecular weight excluding hydrogens is 256 g/mol. The topological polar surface area (TPSA) is 74.0 Å². The number of benzene rings is 1. The maximum Gasteiger partial charge on any atom is 0.340 e. The summed E-state index contributed by atoms with van der Waals surface area (Å²) in [7, 11) is 0. The molecule has 0 amide bonds. The molecule has 106 valence electrons. The molecule has 6 heteroatoms. The van der Waals surface area contributed by atoms with Gasteiger partial charge in [0, 0.05) is 24.7 Å². The van der Waals surface area contributed by atoms with E-state index >= 15 is 0 Å². The summed E-state index contributed by atoms with van der Waals surface area (Å²) in [5, 5.41) is 6.30. The fraction of sp³-hybridized carbons (Fsp3) is 0.429. The van der Waals surface area contributed by atoms with Gasteiger partial charge in [0.15, 0.2) is 5.82 Å². The second-order valence-electron chi connectivity index (χ2n) is 4.97. The third kappa shape index (κ3) is 2.66. The van der Waals surface area contributed by atoms with Crippen molar-refractivity contribution in [2.75, 3.05) is 26.3 Å². The molecule has 1 aromatic carbocycles. The van der Waals surface area contributed by atoms with Crippen molar-refractivity contribution < 1.29 is 4.74 Å². The fourth-order valence-corrected chi connectivity index (χ4v) is 2.50. The van der Waals surface area contributed by atoms with Gasteiger partial charge in [0.2, 0.25) is 0 Å². The molecule has 6 nitrogen and oxygen atoms in total. The summed E-state index contributed by atoms with van der Waals surface area (Å²) >= 11 is 0. The summed E-state index contributed by atoms with van der Waals surface area (Å²) in [6, 6.07) is 8.51. The zero-order chi connectivity index (χ0) is 13.9. The van der Waals surface area contributed by atoms with Gasteiger partial charge in [0.1, 0.15) is 0 Å². The van der Waals surface area contributed by atoms with E-state index in [0.717, 1.165) is 31.9 Å². The zero-order valence-corrected chi connectivity index (χ0v) is 11.4. The SMILES string of the molecule is C[C@H](c1ccc(-c2n[nH]c(=O)[nH]2)cc1)N1CCOCC1. The lowest BCUT2D eigenvalue weighted by molar-refractivity contribution is 0.0198. The van der Waals surface area contributed by atoms with Crippen LogP contribution in [0, 0.1) is 0 Å². The van der Waals surface area contributed by atoms with E-state index in [9.17, 15) is 4.79 Å². The Labute approximate surface area is 116 Å². The van der Waals surface area contributed by atoms with Crippen LogP contribution in [0.15, 0.2) is 29.1 Å². The quantitative estimate of drug-likeness (QED) is 0.880. The van der Waals surface area contributed by atoms with Gasteiger partial charge in [0.05, 0.1) is 13.2 Å². The molecule has 0 aliphatic carbocycles. The van der Waals surface area contributed by atoms with Crippen LogP contribution in [0.5, 0.6) is 0 Å². The van der Waals surface area contributed by atoms with E-state index < -0.39 is 0 Å². The van der Waals surface area contributed by atoms with E-state index in [-0.39, 0.29) is 5.69 Å². The number of H-pyrrole nitrogens is 2. The first-order valence-corrected chi connectivity index (χ1v) is 6.81. The first-order valence-electron chi connectivity index (χ1n) is 6.81. The first kappa shape index (κ1) is 13.1. The highest BCUT2D eigenvalue weighted by molar-refractivity contribution is 5.54. The predicted octanol–water partition coefficient (Wildman–Crippen LogP) is 1.16. The molecule has 1 aliphatic rings. The predicted molar refractivity (Wildman–Crippen MR) is 75.5 cm³/mol. The van der Waals surface area contributed by atoms with Gasteiger partial charge >= 0.3 is 5.69 Å². The summed E-state index contributed by atoms with van der Waals surface area (Å²) in [6.45, 7) is 5.75. The molecule has 1 saturated heterocycles. The van der Waals surface area contributed by atoms with Crippen molar-refractivity contribution in [3.05, 3.63) is 40.3 Å². The van der Waals surface area contributed by atoms with Crippen molar-refractivity contribution >= 4 is 0 Å². The van der Waals surface area contributed by atoms with Crippen LogP contribution in [0.2, 0.25) is 0 Å². The first-order chi connectivity index (χ1) is 9.74. The van der Waals surface area contributed by atoms with Crippen molar-refractivity contribution in [3.63, 3.8) is 0 Å². The van der Waals surface area contributed by atoms with E-state index in [1.165, 1.54) is 5.56 Å². The molecule has 20 heavy (non-hydrogen) atoms. The van der Waals surface area contributed by atoms with Crippen LogP contribution in [0.25, 0.3) is 11.4 Å². The van der Waals surface area contributed by atoms with Gasteiger partial charge in [-0.3, -0.25) is 9.88 Å². The second-order valence-corrected chi connectivity index (χ2v) is 4.97. The number of morpholine rings is 1. The Morgan fingerprint density at radius 2 is 1.95 bits per heavy atom. The summed E-state index contributed by atoms with van der Waals surface area (Å²) in [5.74, 6) is 0.570. The lowest BCUT2D eigenvalue weighted by Gasteiger charge is -2.32. The minimum atomic E-state index is -0.286. The lowest BCUT2D eigenvalue weighted by atomic mass is 10.0. The highest BCUT2D eigenvalue weighted by Crippen LogP contribution is 2.23. The van der Waals surface area contributed by atoms with Gasteiger partial charge in [-0.1, -0.05) is 24.3 Å². The summed E-state index contributed by atoms with van der Waals surface area (Å²) in [6.07, 6.45) is 0. The van der Waals surface area contributed by atoms with Crippen molar-refractivity contribution in [2.24, 2.45) is 0 Å².